The molecule has 0 spiro atoms. The van der Waals surface area contributed by atoms with Crippen molar-refractivity contribution < 1.29 is 9.59 Å². The first-order valence-corrected chi connectivity index (χ1v) is 6.55. The Bertz CT molecular complexity index is 646. The van der Waals surface area contributed by atoms with E-state index in [1.54, 1.807) is 37.4 Å². The molecule has 21 heavy (non-hydrogen) atoms. The third-order valence-corrected chi connectivity index (χ3v) is 2.87. The fourth-order valence-corrected chi connectivity index (χ4v) is 1.77. The maximum atomic E-state index is 11.8. The molecule has 4 nitrogen and oxygen atoms in total. The molecule has 0 fully saturated rings. The smallest absolute Gasteiger partial charge is 0.251 e. The normalized spacial score (nSPS) is 10.3. The van der Waals surface area contributed by atoms with Crippen LogP contribution >= 0.6 is 0 Å². The molecule has 0 atom stereocenters. The summed E-state index contributed by atoms with van der Waals surface area (Å²) in [5, 5.41) is 5.28. The van der Waals surface area contributed by atoms with E-state index in [0.29, 0.717) is 11.3 Å². The van der Waals surface area contributed by atoms with Crippen LogP contribution in [0.15, 0.2) is 60.7 Å². The summed E-state index contributed by atoms with van der Waals surface area (Å²) in [5.74, 6) is -0.372. The van der Waals surface area contributed by atoms with Crippen molar-refractivity contribution in [2.75, 3.05) is 12.4 Å². The van der Waals surface area contributed by atoms with Crippen molar-refractivity contribution in [1.82, 2.24) is 5.32 Å². The Hall–Kier alpha value is -2.88. The molecule has 0 bridgehead atoms. The van der Waals surface area contributed by atoms with Crippen LogP contribution in [0.4, 0.5) is 5.69 Å². The number of amides is 2. The average molecular weight is 280 g/mol. The molecule has 2 aromatic rings. The lowest BCUT2D eigenvalue weighted by Crippen LogP contribution is -2.17. The highest BCUT2D eigenvalue weighted by atomic mass is 16.2. The molecule has 0 aliphatic carbocycles. The molecule has 0 aliphatic rings. The van der Waals surface area contributed by atoms with Crippen LogP contribution in [0.1, 0.15) is 15.9 Å². The molecule has 106 valence electrons. The van der Waals surface area contributed by atoms with Crippen molar-refractivity contribution in [3.63, 3.8) is 0 Å². The van der Waals surface area contributed by atoms with E-state index in [1.165, 1.54) is 6.08 Å². The van der Waals surface area contributed by atoms with Gasteiger partial charge in [0.05, 0.1) is 0 Å². The maximum Gasteiger partial charge on any atom is 0.251 e. The SMILES string of the molecule is CNC(=O)c1ccc(NC(=O)C=Cc2ccccc2)cc1. The lowest BCUT2D eigenvalue weighted by Gasteiger charge is -2.04. The standard InChI is InChI=1S/C17H16N2O2/c1-18-17(21)14-8-10-15(11-9-14)19-16(20)12-7-13-5-3-2-4-6-13/h2-12H,1H3,(H,18,21)(H,19,20). The van der Waals surface area contributed by atoms with Crippen LogP contribution in [0.5, 0.6) is 0 Å². The molecule has 0 aliphatic heterocycles. The van der Waals surface area contributed by atoms with Crippen LogP contribution in [0.2, 0.25) is 0 Å². The Morgan fingerprint density at radius 2 is 1.62 bits per heavy atom. The monoisotopic (exact) mass is 280 g/mol. The first kappa shape index (κ1) is 14.5. The second-order valence-electron chi connectivity index (χ2n) is 4.39. The lowest BCUT2D eigenvalue weighted by atomic mass is 10.2. The van der Waals surface area contributed by atoms with Crippen molar-refractivity contribution >= 4 is 23.6 Å². The van der Waals surface area contributed by atoms with Gasteiger partial charge in [-0.05, 0) is 35.9 Å². The minimum Gasteiger partial charge on any atom is -0.355 e. The molecule has 2 amide bonds. The topological polar surface area (TPSA) is 58.2 Å². The largest absolute Gasteiger partial charge is 0.355 e. The van der Waals surface area contributed by atoms with Crippen molar-refractivity contribution in [2.24, 2.45) is 0 Å². The second-order valence-corrected chi connectivity index (χ2v) is 4.39. The Balaban J connectivity index is 1.97. The zero-order valence-electron chi connectivity index (χ0n) is 11.7. The molecule has 0 radical (unpaired) electrons. The van der Waals surface area contributed by atoms with E-state index in [4.69, 9.17) is 0 Å². The van der Waals surface area contributed by atoms with Crippen LogP contribution in [0.3, 0.4) is 0 Å². The average Bonchev–Trinajstić information content (AvgIpc) is 2.54. The van der Waals surface area contributed by atoms with Gasteiger partial charge in [-0.2, -0.15) is 0 Å². The number of carbonyl (C=O) groups is 2. The molecule has 0 saturated carbocycles. The summed E-state index contributed by atoms with van der Waals surface area (Å²) in [6.07, 6.45) is 3.22. The van der Waals surface area contributed by atoms with Gasteiger partial charge in [0.2, 0.25) is 5.91 Å². The van der Waals surface area contributed by atoms with Crippen molar-refractivity contribution in [3.05, 3.63) is 71.8 Å². The van der Waals surface area contributed by atoms with Gasteiger partial charge in [0.1, 0.15) is 0 Å². The summed E-state index contributed by atoms with van der Waals surface area (Å²) < 4.78 is 0. The molecule has 0 aromatic heterocycles. The zero-order valence-corrected chi connectivity index (χ0v) is 11.7. The number of anilines is 1. The molecule has 4 heteroatoms. The predicted molar refractivity (Wildman–Crippen MR) is 83.9 cm³/mol. The van der Waals surface area contributed by atoms with E-state index in [9.17, 15) is 9.59 Å². The van der Waals surface area contributed by atoms with E-state index in [2.05, 4.69) is 10.6 Å². The number of carbonyl (C=O) groups excluding carboxylic acids is 2. The lowest BCUT2D eigenvalue weighted by molar-refractivity contribution is -0.111. The minimum atomic E-state index is -0.216. The molecule has 2 N–H and O–H groups in total. The van der Waals surface area contributed by atoms with Gasteiger partial charge in [0, 0.05) is 24.4 Å². The van der Waals surface area contributed by atoms with E-state index in [0.717, 1.165) is 5.56 Å². The van der Waals surface area contributed by atoms with Crippen LogP contribution in [-0.4, -0.2) is 18.9 Å². The van der Waals surface area contributed by atoms with E-state index < -0.39 is 0 Å². The summed E-state index contributed by atoms with van der Waals surface area (Å²) in [4.78, 5) is 23.2. The second kappa shape index (κ2) is 7.05. The van der Waals surface area contributed by atoms with Gasteiger partial charge in [0.25, 0.3) is 5.91 Å². The van der Waals surface area contributed by atoms with Gasteiger partial charge in [-0.15, -0.1) is 0 Å². The van der Waals surface area contributed by atoms with Gasteiger partial charge in [-0.1, -0.05) is 30.3 Å². The molecular formula is C17H16N2O2. The quantitative estimate of drug-likeness (QED) is 0.846. The Labute approximate surface area is 123 Å². The third kappa shape index (κ3) is 4.31. The summed E-state index contributed by atoms with van der Waals surface area (Å²) in [6.45, 7) is 0. The highest BCUT2D eigenvalue weighted by molar-refractivity contribution is 6.02. The zero-order chi connectivity index (χ0) is 15.1. The fourth-order valence-electron chi connectivity index (χ4n) is 1.77. The summed E-state index contributed by atoms with van der Waals surface area (Å²) in [6, 6.07) is 16.3. The number of rotatable bonds is 4. The summed E-state index contributed by atoms with van der Waals surface area (Å²) in [7, 11) is 1.58. The molecule has 0 unspecified atom stereocenters. The van der Waals surface area contributed by atoms with Crippen LogP contribution in [-0.2, 0) is 4.79 Å². The van der Waals surface area contributed by atoms with Crippen molar-refractivity contribution in [1.29, 1.82) is 0 Å². The first-order valence-electron chi connectivity index (χ1n) is 6.55. The van der Waals surface area contributed by atoms with E-state index in [-0.39, 0.29) is 11.8 Å². The number of nitrogens with one attached hydrogen (secondary N) is 2. The Kier molecular flexibility index (Phi) is 4.88. The Morgan fingerprint density at radius 3 is 2.24 bits per heavy atom. The fraction of sp³-hybridized carbons (Fsp3) is 0.0588. The molecule has 2 rings (SSSR count). The molecule has 0 heterocycles. The van der Waals surface area contributed by atoms with E-state index in [1.807, 2.05) is 30.3 Å². The van der Waals surface area contributed by atoms with Gasteiger partial charge in [-0.3, -0.25) is 9.59 Å². The number of benzene rings is 2. The van der Waals surface area contributed by atoms with Crippen LogP contribution in [0, 0.1) is 0 Å². The van der Waals surface area contributed by atoms with Crippen LogP contribution in [0.25, 0.3) is 6.08 Å². The number of hydrogen-bond donors (Lipinski definition) is 2. The number of hydrogen-bond acceptors (Lipinski definition) is 2. The Morgan fingerprint density at radius 1 is 0.952 bits per heavy atom. The van der Waals surface area contributed by atoms with Crippen LogP contribution < -0.4 is 10.6 Å². The summed E-state index contributed by atoms with van der Waals surface area (Å²) in [5.41, 5.74) is 2.16. The summed E-state index contributed by atoms with van der Waals surface area (Å²) >= 11 is 0. The van der Waals surface area contributed by atoms with Crippen molar-refractivity contribution in [3.8, 4) is 0 Å². The van der Waals surface area contributed by atoms with Gasteiger partial charge >= 0.3 is 0 Å². The highest BCUT2D eigenvalue weighted by Crippen LogP contribution is 2.10. The van der Waals surface area contributed by atoms with E-state index >= 15 is 0 Å². The molecule has 2 aromatic carbocycles. The molecule has 0 saturated heterocycles. The predicted octanol–water partition coefficient (Wildman–Crippen LogP) is 2.70. The van der Waals surface area contributed by atoms with Gasteiger partial charge < -0.3 is 10.6 Å². The molecular weight excluding hydrogens is 264 g/mol. The van der Waals surface area contributed by atoms with Gasteiger partial charge in [-0.25, -0.2) is 0 Å². The third-order valence-electron chi connectivity index (χ3n) is 2.87. The van der Waals surface area contributed by atoms with Crippen molar-refractivity contribution in [2.45, 2.75) is 0 Å². The minimum absolute atomic E-state index is 0.156. The highest BCUT2D eigenvalue weighted by Gasteiger charge is 2.03. The maximum absolute atomic E-state index is 11.8. The first-order chi connectivity index (χ1) is 10.2. The van der Waals surface area contributed by atoms with Gasteiger partial charge in [0.15, 0.2) is 0 Å².